The molecule has 2 aliphatic rings. The molecule has 18 heavy (non-hydrogen) atoms. The van der Waals surface area contributed by atoms with E-state index >= 15 is 0 Å². The van der Waals surface area contributed by atoms with Crippen LogP contribution in [0.2, 0.25) is 0 Å². The SMILES string of the molecule is CNC(CS(=O)(=O)CC1CCCO1)C1CCCC1. The molecule has 2 rings (SSSR count). The lowest BCUT2D eigenvalue weighted by molar-refractivity contribution is 0.127. The Hall–Kier alpha value is -0.130. The monoisotopic (exact) mass is 275 g/mol. The Morgan fingerprint density at radius 1 is 1.22 bits per heavy atom. The van der Waals surface area contributed by atoms with Gasteiger partial charge in [-0.15, -0.1) is 0 Å². The minimum absolute atomic E-state index is 0.0592. The highest BCUT2D eigenvalue weighted by Gasteiger charge is 2.30. The Bertz CT molecular complexity index is 343. The molecule has 0 aromatic heterocycles. The van der Waals surface area contributed by atoms with Crippen LogP contribution in [-0.4, -0.2) is 45.7 Å². The van der Waals surface area contributed by atoms with Crippen molar-refractivity contribution in [2.45, 2.75) is 50.7 Å². The molecule has 106 valence electrons. The fourth-order valence-corrected chi connectivity index (χ4v) is 5.17. The molecule has 2 unspecified atom stereocenters. The lowest BCUT2D eigenvalue weighted by Crippen LogP contribution is -2.40. The summed E-state index contributed by atoms with van der Waals surface area (Å²) in [5.74, 6) is 1.01. The molecule has 1 aliphatic heterocycles. The van der Waals surface area contributed by atoms with Crippen LogP contribution in [0.25, 0.3) is 0 Å². The van der Waals surface area contributed by atoms with Crippen LogP contribution in [0.15, 0.2) is 0 Å². The predicted molar refractivity (Wildman–Crippen MR) is 72.4 cm³/mol. The summed E-state index contributed by atoms with van der Waals surface area (Å²) in [5, 5.41) is 3.21. The van der Waals surface area contributed by atoms with Crippen LogP contribution in [0.4, 0.5) is 0 Å². The molecule has 0 bridgehead atoms. The fraction of sp³-hybridized carbons (Fsp3) is 1.00. The number of nitrogens with one attached hydrogen (secondary N) is 1. The Morgan fingerprint density at radius 3 is 2.50 bits per heavy atom. The van der Waals surface area contributed by atoms with E-state index in [1.54, 1.807) is 0 Å². The summed E-state index contributed by atoms with van der Waals surface area (Å²) in [4.78, 5) is 0. The van der Waals surface area contributed by atoms with Crippen molar-refractivity contribution in [3.8, 4) is 0 Å². The maximum Gasteiger partial charge on any atom is 0.154 e. The molecule has 1 N–H and O–H groups in total. The van der Waals surface area contributed by atoms with Crippen molar-refractivity contribution in [3.05, 3.63) is 0 Å². The standard InChI is InChI=1S/C13H25NO3S/c1-14-13(11-5-2-3-6-11)10-18(15,16)9-12-7-4-8-17-12/h11-14H,2-10H2,1H3. The van der Waals surface area contributed by atoms with Gasteiger partial charge >= 0.3 is 0 Å². The third-order valence-electron chi connectivity index (χ3n) is 4.24. The van der Waals surface area contributed by atoms with Crippen molar-refractivity contribution in [2.75, 3.05) is 25.2 Å². The molecule has 2 fully saturated rings. The van der Waals surface area contributed by atoms with Crippen LogP contribution >= 0.6 is 0 Å². The van der Waals surface area contributed by atoms with Gasteiger partial charge in [0.1, 0.15) is 0 Å². The summed E-state index contributed by atoms with van der Waals surface area (Å²) >= 11 is 0. The van der Waals surface area contributed by atoms with E-state index in [1.807, 2.05) is 7.05 Å². The Kier molecular flexibility index (Phi) is 5.04. The van der Waals surface area contributed by atoms with Gasteiger partial charge < -0.3 is 10.1 Å². The molecule has 1 aliphatic carbocycles. The second-order valence-electron chi connectivity index (χ2n) is 5.65. The molecular formula is C13H25NO3S. The topological polar surface area (TPSA) is 55.4 Å². The third kappa shape index (κ3) is 3.93. The van der Waals surface area contributed by atoms with Crippen molar-refractivity contribution in [1.82, 2.24) is 5.32 Å². The second kappa shape index (κ2) is 6.35. The maximum absolute atomic E-state index is 12.2. The lowest BCUT2D eigenvalue weighted by atomic mass is 10.0. The molecule has 0 spiro atoms. The van der Waals surface area contributed by atoms with Gasteiger partial charge in [-0.05, 0) is 38.6 Å². The van der Waals surface area contributed by atoms with E-state index in [1.165, 1.54) is 25.7 Å². The van der Waals surface area contributed by atoms with Crippen molar-refractivity contribution in [3.63, 3.8) is 0 Å². The number of hydrogen-bond acceptors (Lipinski definition) is 4. The normalized spacial score (nSPS) is 27.7. The van der Waals surface area contributed by atoms with E-state index in [0.717, 1.165) is 19.4 Å². The van der Waals surface area contributed by atoms with Crippen molar-refractivity contribution in [1.29, 1.82) is 0 Å². The van der Waals surface area contributed by atoms with Crippen molar-refractivity contribution < 1.29 is 13.2 Å². The quantitative estimate of drug-likeness (QED) is 0.795. The molecule has 0 amide bonds. The third-order valence-corrected chi connectivity index (χ3v) is 5.98. The van der Waals surface area contributed by atoms with E-state index in [-0.39, 0.29) is 23.7 Å². The summed E-state index contributed by atoms with van der Waals surface area (Å²) in [5.41, 5.74) is 0. The highest BCUT2D eigenvalue weighted by Crippen LogP contribution is 2.28. The maximum atomic E-state index is 12.2. The van der Waals surface area contributed by atoms with Crippen molar-refractivity contribution >= 4 is 9.84 Å². The van der Waals surface area contributed by atoms with Gasteiger partial charge in [0.05, 0.1) is 17.6 Å². The van der Waals surface area contributed by atoms with Crippen LogP contribution in [0.1, 0.15) is 38.5 Å². The zero-order valence-electron chi connectivity index (χ0n) is 11.2. The zero-order chi connectivity index (χ0) is 13.0. The average Bonchev–Trinajstić information content (AvgIpc) is 2.97. The largest absolute Gasteiger partial charge is 0.377 e. The first-order valence-electron chi connectivity index (χ1n) is 7.10. The van der Waals surface area contributed by atoms with Gasteiger partial charge in [0.2, 0.25) is 0 Å². The summed E-state index contributed by atoms with van der Waals surface area (Å²) in [6.45, 7) is 0.721. The van der Waals surface area contributed by atoms with Gasteiger partial charge in [-0.25, -0.2) is 8.42 Å². The molecule has 1 saturated carbocycles. The van der Waals surface area contributed by atoms with Crippen LogP contribution in [0.3, 0.4) is 0 Å². The molecule has 1 heterocycles. The average molecular weight is 275 g/mol. The van der Waals surface area contributed by atoms with Gasteiger partial charge in [0.15, 0.2) is 9.84 Å². The van der Waals surface area contributed by atoms with Gasteiger partial charge in [-0.2, -0.15) is 0 Å². The summed E-state index contributed by atoms with van der Waals surface area (Å²) in [7, 11) is -1.12. The van der Waals surface area contributed by atoms with E-state index in [2.05, 4.69) is 5.32 Å². The smallest absolute Gasteiger partial charge is 0.154 e. The van der Waals surface area contributed by atoms with Crippen LogP contribution in [0.5, 0.6) is 0 Å². The van der Waals surface area contributed by atoms with Crippen LogP contribution < -0.4 is 5.32 Å². The molecule has 1 saturated heterocycles. The summed E-state index contributed by atoms with van der Waals surface area (Å²) < 4.78 is 29.8. The Morgan fingerprint density at radius 2 is 1.94 bits per heavy atom. The Labute approximate surface area is 110 Å². The molecular weight excluding hydrogens is 250 g/mol. The minimum Gasteiger partial charge on any atom is -0.377 e. The van der Waals surface area contributed by atoms with Crippen molar-refractivity contribution in [2.24, 2.45) is 5.92 Å². The molecule has 2 atom stereocenters. The van der Waals surface area contributed by atoms with Gasteiger partial charge in [0.25, 0.3) is 0 Å². The fourth-order valence-electron chi connectivity index (χ4n) is 3.22. The van der Waals surface area contributed by atoms with Crippen LogP contribution in [0, 0.1) is 5.92 Å². The zero-order valence-corrected chi connectivity index (χ0v) is 12.0. The predicted octanol–water partition coefficient (Wildman–Crippen LogP) is 1.36. The molecule has 4 nitrogen and oxygen atoms in total. The molecule has 0 radical (unpaired) electrons. The molecule has 5 heteroatoms. The first-order valence-corrected chi connectivity index (χ1v) is 8.92. The van der Waals surface area contributed by atoms with E-state index < -0.39 is 9.84 Å². The number of rotatable bonds is 6. The first-order chi connectivity index (χ1) is 8.61. The van der Waals surface area contributed by atoms with Gasteiger partial charge in [-0.1, -0.05) is 12.8 Å². The van der Waals surface area contributed by atoms with E-state index in [0.29, 0.717) is 5.92 Å². The van der Waals surface area contributed by atoms with Gasteiger partial charge in [0, 0.05) is 12.6 Å². The highest BCUT2D eigenvalue weighted by atomic mass is 32.2. The number of ether oxygens (including phenoxy) is 1. The number of hydrogen-bond donors (Lipinski definition) is 1. The Balaban J connectivity index is 1.88. The number of sulfone groups is 1. The minimum atomic E-state index is -3.00. The summed E-state index contributed by atoms with van der Waals surface area (Å²) in [6.07, 6.45) is 6.66. The van der Waals surface area contributed by atoms with E-state index in [4.69, 9.17) is 4.74 Å². The highest BCUT2D eigenvalue weighted by molar-refractivity contribution is 7.91. The second-order valence-corrected chi connectivity index (χ2v) is 7.81. The van der Waals surface area contributed by atoms with Gasteiger partial charge in [-0.3, -0.25) is 0 Å². The van der Waals surface area contributed by atoms with E-state index in [9.17, 15) is 8.42 Å². The lowest BCUT2D eigenvalue weighted by Gasteiger charge is -2.23. The first kappa shape index (κ1) is 14.3. The van der Waals surface area contributed by atoms with Crippen LogP contribution in [-0.2, 0) is 14.6 Å². The molecule has 0 aromatic rings. The molecule has 0 aromatic carbocycles. The summed E-state index contributed by atoms with van der Waals surface area (Å²) in [6, 6.07) is 0.124.